The van der Waals surface area contributed by atoms with Crippen molar-refractivity contribution < 1.29 is 4.74 Å². The Morgan fingerprint density at radius 2 is 1.76 bits per heavy atom. The molecule has 8 heteroatoms. The number of hydrogen-bond donors (Lipinski definition) is 2. The molecule has 0 amide bonds. The topological polar surface area (TPSA) is 97.2 Å². The number of hydrazone groups is 1. The molecule has 0 bridgehead atoms. The fraction of sp³-hybridized carbons (Fsp3) is 0.0476. The molecule has 2 aromatic carbocycles. The van der Waals surface area contributed by atoms with E-state index in [1.807, 2.05) is 54.6 Å². The van der Waals surface area contributed by atoms with E-state index in [1.54, 1.807) is 25.6 Å². The van der Waals surface area contributed by atoms with Gasteiger partial charge < -0.3 is 4.74 Å². The number of anilines is 1. The highest BCUT2D eigenvalue weighted by molar-refractivity contribution is 5.89. The predicted octanol–water partition coefficient (Wildman–Crippen LogP) is 3.08. The summed E-state index contributed by atoms with van der Waals surface area (Å²) in [4.78, 5) is 21.2. The lowest BCUT2D eigenvalue weighted by molar-refractivity contribution is 0.415. The molecule has 0 saturated carbocycles. The van der Waals surface area contributed by atoms with Crippen molar-refractivity contribution in [3.8, 4) is 22.7 Å². The summed E-state index contributed by atoms with van der Waals surface area (Å²) in [7, 11) is 1.61. The Balaban J connectivity index is 1.76. The third-order valence-corrected chi connectivity index (χ3v) is 4.24. The standard InChI is InChI=1S/C21H18N6O2/c1-29-17-10-8-15(9-11-17)19-18(14-24-25-21-22-12-5-13-23-21)20(28)27(26-19)16-6-3-2-4-7-16/h2-14,26H,1H3,(H,22,23,25)/b24-14+. The second-order valence-corrected chi connectivity index (χ2v) is 6.05. The van der Waals surface area contributed by atoms with Crippen molar-refractivity contribution in [3.63, 3.8) is 0 Å². The number of benzene rings is 2. The number of H-pyrrole nitrogens is 1. The van der Waals surface area contributed by atoms with Gasteiger partial charge in [0.05, 0.1) is 30.3 Å². The number of ether oxygens (including phenoxy) is 1. The number of methoxy groups -OCH3 is 1. The van der Waals surface area contributed by atoms with Crippen LogP contribution in [0, 0.1) is 0 Å². The molecule has 0 radical (unpaired) electrons. The van der Waals surface area contributed by atoms with Gasteiger partial charge in [0.25, 0.3) is 5.56 Å². The maximum absolute atomic E-state index is 13.1. The zero-order valence-corrected chi connectivity index (χ0v) is 15.6. The van der Waals surface area contributed by atoms with E-state index >= 15 is 0 Å². The van der Waals surface area contributed by atoms with Crippen LogP contribution in [0.25, 0.3) is 16.9 Å². The zero-order valence-electron chi connectivity index (χ0n) is 15.6. The fourth-order valence-corrected chi connectivity index (χ4v) is 2.82. The van der Waals surface area contributed by atoms with Crippen LogP contribution in [0.1, 0.15) is 5.56 Å². The first-order valence-electron chi connectivity index (χ1n) is 8.87. The van der Waals surface area contributed by atoms with Crippen LogP contribution < -0.4 is 15.7 Å². The molecule has 0 aliphatic heterocycles. The first-order valence-corrected chi connectivity index (χ1v) is 8.87. The molecule has 0 aliphatic carbocycles. The number of hydrogen-bond acceptors (Lipinski definition) is 6. The monoisotopic (exact) mass is 386 g/mol. The lowest BCUT2D eigenvalue weighted by atomic mass is 10.1. The van der Waals surface area contributed by atoms with Crippen molar-refractivity contribution in [1.29, 1.82) is 0 Å². The van der Waals surface area contributed by atoms with Gasteiger partial charge >= 0.3 is 0 Å². The third-order valence-electron chi connectivity index (χ3n) is 4.24. The summed E-state index contributed by atoms with van der Waals surface area (Å²) < 4.78 is 6.71. The van der Waals surface area contributed by atoms with Gasteiger partial charge in [0.2, 0.25) is 5.95 Å². The summed E-state index contributed by atoms with van der Waals surface area (Å²) in [6.07, 6.45) is 4.67. The van der Waals surface area contributed by atoms with Crippen LogP contribution in [0.4, 0.5) is 5.95 Å². The van der Waals surface area contributed by atoms with E-state index in [-0.39, 0.29) is 5.56 Å². The quantitative estimate of drug-likeness (QED) is 0.392. The van der Waals surface area contributed by atoms with Gasteiger partial charge in [-0.15, -0.1) is 0 Å². The van der Waals surface area contributed by atoms with Crippen molar-refractivity contribution in [2.24, 2.45) is 5.10 Å². The van der Waals surface area contributed by atoms with Crippen molar-refractivity contribution in [2.75, 3.05) is 12.5 Å². The Kier molecular flexibility index (Phi) is 5.15. The Morgan fingerprint density at radius 3 is 2.45 bits per heavy atom. The van der Waals surface area contributed by atoms with Crippen LogP contribution >= 0.6 is 0 Å². The number of para-hydroxylation sites is 1. The molecular weight excluding hydrogens is 368 g/mol. The maximum Gasteiger partial charge on any atom is 0.280 e. The summed E-state index contributed by atoms with van der Waals surface area (Å²) in [5.41, 5.74) is 5.11. The summed E-state index contributed by atoms with van der Waals surface area (Å²) in [5.74, 6) is 1.07. The highest BCUT2D eigenvalue weighted by Gasteiger charge is 2.15. The summed E-state index contributed by atoms with van der Waals surface area (Å²) in [5, 5.41) is 7.32. The molecule has 4 aromatic rings. The van der Waals surface area contributed by atoms with Gasteiger partial charge in [0.1, 0.15) is 5.75 Å². The van der Waals surface area contributed by atoms with Gasteiger partial charge in [-0.2, -0.15) is 5.10 Å². The van der Waals surface area contributed by atoms with Gasteiger partial charge in [0, 0.05) is 18.0 Å². The predicted molar refractivity (Wildman–Crippen MR) is 112 cm³/mol. The Morgan fingerprint density at radius 1 is 1.03 bits per heavy atom. The second-order valence-electron chi connectivity index (χ2n) is 6.05. The number of rotatable bonds is 6. The Labute approximate surface area is 166 Å². The minimum absolute atomic E-state index is 0.221. The summed E-state index contributed by atoms with van der Waals surface area (Å²) in [6, 6.07) is 18.5. The van der Waals surface area contributed by atoms with E-state index in [2.05, 4.69) is 25.6 Å². The van der Waals surface area contributed by atoms with E-state index in [9.17, 15) is 4.79 Å². The maximum atomic E-state index is 13.1. The van der Waals surface area contributed by atoms with E-state index in [1.165, 1.54) is 10.9 Å². The Bertz CT molecular complexity index is 1170. The van der Waals surface area contributed by atoms with Crippen LogP contribution in [0.15, 0.2) is 83.0 Å². The molecule has 8 nitrogen and oxygen atoms in total. The lowest BCUT2D eigenvalue weighted by Crippen LogP contribution is -2.17. The van der Waals surface area contributed by atoms with Crippen LogP contribution in [-0.2, 0) is 0 Å². The van der Waals surface area contributed by atoms with Gasteiger partial charge in [-0.3, -0.25) is 9.89 Å². The highest BCUT2D eigenvalue weighted by atomic mass is 16.5. The highest BCUT2D eigenvalue weighted by Crippen LogP contribution is 2.23. The minimum Gasteiger partial charge on any atom is -0.497 e. The molecule has 0 saturated heterocycles. The average molecular weight is 386 g/mol. The van der Waals surface area contributed by atoms with Crippen molar-refractivity contribution in [3.05, 3.63) is 89.0 Å². The largest absolute Gasteiger partial charge is 0.497 e. The summed E-state index contributed by atoms with van der Waals surface area (Å²) in [6.45, 7) is 0. The lowest BCUT2D eigenvalue weighted by Gasteiger charge is -2.03. The number of nitrogens with one attached hydrogen (secondary N) is 2. The van der Waals surface area contributed by atoms with E-state index in [0.717, 1.165) is 17.0 Å². The smallest absolute Gasteiger partial charge is 0.280 e. The zero-order chi connectivity index (χ0) is 20.1. The molecule has 4 rings (SSSR count). The number of nitrogens with zero attached hydrogens (tertiary/aromatic N) is 4. The molecule has 0 atom stereocenters. The van der Waals surface area contributed by atoms with Crippen molar-refractivity contribution in [2.45, 2.75) is 0 Å². The number of aromatic amines is 1. The second kappa shape index (κ2) is 8.22. The van der Waals surface area contributed by atoms with Gasteiger partial charge in [-0.1, -0.05) is 18.2 Å². The van der Waals surface area contributed by atoms with Crippen molar-refractivity contribution >= 4 is 12.2 Å². The Hall–Kier alpha value is -4.20. The van der Waals surface area contributed by atoms with Gasteiger partial charge in [-0.05, 0) is 42.5 Å². The van der Waals surface area contributed by atoms with Gasteiger partial charge in [-0.25, -0.2) is 20.1 Å². The normalized spacial score (nSPS) is 10.9. The fourth-order valence-electron chi connectivity index (χ4n) is 2.82. The first kappa shape index (κ1) is 18.2. The average Bonchev–Trinajstić information content (AvgIpc) is 3.11. The van der Waals surface area contributed by atoms with Crippen LogP contribution in [0.2, 0.25) is 0 Å². The minimum atomic E-state index is -0.221. The van der Waals surface area contributed by atoms with Crippen molar-refractivity contribution in [1.82, 2.24) is 19.7 Å². The van der Waals surface area contributed by atoms with Gasteiger partial charge in [0.15, 0.2) is 0 Å². The molecule has 0 spiro atoms. The van der Waals surface area contributed by atoms with Crippen LogP contribution in [0.5, 0.6) is 5.75 Å². The molecule has 2 aromatic heterocycles. The third kappa shape index (κ3) is 3.91. The first-order chi connectivity index (χ1) is 14.3. The van der Waals surface area contributed by atoms with E-state index < -0.39 is 0 Å². The number of aromatic nitrogens is 4. The van der Waals surface area contributed by atoms with E-state index in [4.69, 9.17) is 4.74 Å². The molecule has 2 heterocycles. The van der Waals surface area contributed by atoms with Crippen LogP contribution in [0.3, 0.4) is 0 Å². The molecule has 2 N–H and O–H groups in total. The summed E-state index contributed by atoms with van der Waals surface area (Å²) >= 11 is 0. The van der Waals surface area contributed by atoms with Crippen LogP contribution in [-0.4, -0.2) is 33.1 Å². The molecule has 0 unspecified atom stereocenters. The van der Waals surface area contributed by atoms with E-state index in [0.29, 0.717) is 17.2 Å². The molecule has 29 heavy (non-hydrogen) atoms. The SMILES string of the molecule is COc1ccc(-c2[nH]n(-c3ccccc3)c(=O)c2/C=N/Nc2ncccn2)cc1. The molecular formula is C21H18N6O2. The molecule has 0 aliphatic rings. The molecule has 144 valence electrons. The molecule has 0 fully saturated rings.